The van der Waals surface area contributed by atoms with Crippen molar-refractivity contribution in [1.29, 1.82) is 5.26 Å². The van der Waals surface area contributed by atoms with E-state index in [0.717, 1.165) is 18.5 Å². The third-order valence-electron chi connectivity index (χ3n) is 6.45. The van der Waals surface area contributed by atoms with E-state index in [0.29, 0.717) is 24.5 Å². The molecule has 0 spiro atoms. The molecular formula is C22H28N4O4. The van der Waals surface area contributed by atoms with E-state index >= 15 is 0 Å². The number of hydrogen-bond donors (Lipinski definition) is 0. The molecule has 2 amide bonds. The molecule has 4 atom stereocenters. The lowest BCUT2D eigenvalue weighted by Crippen LogP contribution is -2.62. The highest BCUT2D eigenvalue weighted by Gasteiger charge is 2.59. The molecule has 4 rings (SSSR count). The van der Waals surface area contributed by atoms with Crippen LogP contribution in [0.5, 0.6) is 11.5 Å². The van der Waals surface area contributed by atoms with Crippen LogP contribution in [0.15, 0.2) is 18.2 Å². The summed E-state index contributed by atoms with van der Waals surface area (Å²) >= 11 is 0. The average Bonchev–Trinajstić information content (AvgIpc) is 3.30. The predicted molar refractivity (Wildman–Crippen MR) is 109 cm³/mol. The fourth-order valence-corrected chi connectivity index (χ4v) is 4.90. The lowest BCUT2D eigenvalue weighted by atomic mass is 9.79. The van der Waals surface area contributed by atoms with Crippen molar-refractivity contribution in [2.45, 2.75) is 44.8 Å². The van der Waals surface area contributed by atoms with E-state index in [1.165, 1.54) is 0 Å². The van der Waals surface area contributed by atoms with E-state index < -0.39 is 23.5 Å². The Kier molecular flexibility index (Phi) is 5.10. The number of ether oxygens (including phenoxy) is 2. The van der Waals surface area contributed by atoms with Crippen molar-refractivity contribution in [1.82, 2.24) is 14.7 Å². The molecule has 0 bridgehead atoms. The molecule has 0 N–H and O–H groups in total. The zero-order valence-electron chi connectivity index (χ0n) is 17.9. The number of fused-ring (bicyclic) bond motifs is 2. The van der Waals surface area contributed by atoms with E-state index in [-0.39, 0.29) is 18.6 Å². The van der Waals surface area contributed by atoms with Crippen molar-refractivity contribution in [3.8, 4) is 17.6 Å². The van der Waals surface area contributed by atoms with Crippen LogP contribution in [0.3, 0.4) is 0 Å². The van der Waals surface area contributed by atoms with Crippen LogP contribution in [-0.2, 0) is 9.59 Å². The monoisotopic (exact) mass is 412 g/mol. The van der Waals surface area contributed by atoms with E-state index in [9.17, 15) is 14.9 Å². The van der Waals surface area contributed by atoms with E-state index in [1.54, 1.807) is 22.8 Å². The van der Waals surface area contributed by atoms with Gasteiger partial charge in [-0.05, 0) is 65.0 Å². The van der Waals surface area contributed by atoms with E-state index in [2.05, 4.69) is 11.0 Å². The molecule has 4 unspecified atom stereocenters. The Hall–Kier alpha value is -2.79. The Morgan fingerprint density at radius 3 is 2.67 bits per heavy atom. The molecule has 0 saturated carbocycles. The van der Waals surface area contributed by atoms with Crippen molar-refractivity contribution in [3.05, 3.63) is 23.8 Å². The zero-order valence-corrected chi connectivity index (χ0v) is 17.9. The normalized spacial score (nSPS) is 30.1. The molecule has 3 aliphatic rings. The quantitative estimate of drug-likeness (QED) is 0.733. The number of rotatable bonds is 5. The topological polar surface area (TPSA) is 86.1 Å². The van der Waals surface area contributed by atoms with Crippen molar-refractivity contribution in [2.75, 3.05) is 34.0 Å². The average molecular weight is 412 g/mol. The molecule has 30 heavy (non-hydrogen) atoms. The molecule has 8 heteroatoms. The van der Waals surface area contributed by atoms with Gasteiger partial charge in [-0.15, -0.1) is 0 Å². The molecule has 8 nitrogen and oxygen atoms in total. The van der Waals surface area contributed by atoms with Crippen molar-refractivity contribution < 1.29 is 19.1 Å². The summed E-state index contributed by atoms with van der Waals surface area (Å²) in [6.45, 7) is 5.15. The summed E-state index contributed by atoms with van der Waals surface area (Å²) < 4.78 is 10.9. The first-order chi connectivity index (χ1) is 14.3. The van der Waals surface area contributed by atoms with Crippen molar-refractivity contribution in [2.24, 2.45) is 5.41 Å². The highest BCUT2D eigenvalue weighted by atomic mass is 16.7. The first-order valence-corrected chi connectivity index (χ1v) is 10.3. The number of amides is 2. The van der Waals surface area contributed by atoms with Gasteiger partial charge < -0.3 is 24.2 Å². The van der Waals surface area contributed by atoms with Crippen LogP contribution >= 0.6 is 0 Å². The highest BCUT2D eigenvalue weighted by molar-refractivity contribution is 5.98. The standard InChI is InChI=1S/C22H28N4O4/c1-14-20(27)26-16(21(28)25(14)9-5-8-24(3)4)11-22(2,12-23)19(26)15-6-7-17-18(10-15)30-13-29-17/h6-7,10,14,16,19H,5,8-9,11,13H2,1-4H3. The number of hydrogen-bond acceptors (Lipinski definition) is 6. The van der Waals surface area contributed by atoms with Gasteiger partial charge in [-0.25, -0.2) is 0 Å². The van der Waals surface area contributed by atoms with Gasteiger partial charge in [-0.2, -0.15) is 5.26 Å². The second-order valence-corrected chi connectivity index (χ2v) is 8.87. The van der Waals surface area contributed by atoms with Crippen molar-refractivity contribution in [3.63, 3.8) is 0 Å². The number of carbonyl (C=O) groups is 2. The minimum absolute atomic E-state index is 0.0643. The van der Waals surface area contributed by atoms with Crippen LogP contribution < -0.4 is 9.47 Å². The number of piperazine rings is 1. The van der Waals surface area contributed by atoms with Crippen LogP contribution in [-0.4, -0.2) is 72.6 Å². The fraction of sp³-hybridized carbons (Fsp3) is 0.591. The molecule has 0 radical (unpaired) electrons. The first kappa shape index (κ1) is 20.5. The van der Waals surface area contributed by atoms with Gasteiger partial charge in [0.2, 0.25) is 18.6 Å². The second kappa shape index (κ2) is 7.47. The minimum Gasteiger partial charge on any atom is -0.454 e. The van der Waals surface area contributed by atoms with Gasteiger partial charge in [-0.3, -0.25) is 9.59 Å². The maximum Gasteiger partial charge on any atom is 0.246 e. The fourth-order valence-electron chi connectivity index (χ4n) is 4.90. The molecule has 1 aromatic carbocycles. The SMILES string of the molecule is CC1C(=O)N2C(CC(C)(C#N)C2c2ccc3c(c2)OCO3)C(=O)N1CCCN(C)C. The smallest absolute Gasteiger partial charge is 0.246 e. The van der Waals surface area contributed by atoms with E-state index in [4.69, 9.17) is 9.47 Å². The number of nitriles is 1. The molecule has 2 fully saturated rings. The van der Waals surface area contributed by atoms with Gasteiger partial charge in [0, 0.05) is 6.54 Å². The molecule has 0 aromatic heterocycles. The Labute approximate surface area is 176 Å². The van der Waals surface area contributed by atoms with E-state index in [1.807, 2.05) is 33.2 Å². The van der Waals surface area contributed by atoms with Crippen LogP contribution in [0, 0.1) is 16.7 Å². The summed E-state index contributed by atoms with van der Waals surface area (Å²) in [6, 6.07) is 6.22. The first-order valence-electron chi connectivity index (χ1n) is 10.3. The van der Waals surface area contributed by atoms with Gasteiger partial charge in [0.05, 0.1) is 17.5 Å². The molecule has 3 aliphatic heterocycles. The molecule has 3 heterocycles. The summed E-state index contributed by atoms with van der Waals surface area (Å²) in [6.07, 6.45) is 1.12. The molecule has 160 valence electrons. The Bertz CT molecular complexity index is 911. The maximum absolute atomic E-state index is 13.4. The molecule has 2 saturated heterocycles. The van der Waals surface area contributed by atoms with Gasteiger partial charge in [0.25, 0.3) is 0 Å². The third kappa shape index (κ3) is 3.18. The number of benzene rings is 1. The molecular weight excluding hydrogens is 384 g/mol. The predicted octanol–water partition coefficient (Wildman–Crippen LogP) is 1.77. The number of carbonyl (C=O) groups excluding carboxylic acids is 2. The van der Waals surface area contributed by atoms with Gasteiger partial charge in [-0.1, -0.05) is 6.07 Å². The Balaban J connectivity index is 1.67. The number of nitrogens with zero attached hydrogens (tertiary/aromatic N) is 4. The zero-order chi connectivity index (χ0) is 21.6. The van der Waals surface area contributed by atoms with Gasteiger partial charge in [0.15, 0.2) is 11.5 Å². The second-order valence-electron chi connectivity index (χ2n) is 8.87. The Morgan fingerprint density at radius 2 is 1.97 bits per heavy atom. The van der Waals surface area contributed by atoms with Crippen LogP contribution in [0.25, 0.3) is 0 Å². The van der Waals surface area contributed by atoms with Crippen LogP contribution in [0.2, 0.25) is 0 Å². The summed E-state index contributed by atoms with van der Waals surface area (Å²) in [5, 5.41) is 10.0. The summed E-state index contributed by atoms with van der Waals surface area (Å²) in [4.78, 5) is 32.2. The van der Waals surface area contributed by atoms with Crippen LogP contribution in [0.1, 0.15) is 38.3 Å². The summed E-state index contributed by atoms with van der Waals surface area (Å²) in [5.74, 6) is 1.08. The van der Waals surface area contributed by atoms with Gasteiger partial charge in [0.1, 0.15) is 12.1 Å². The lowest BCUT2D eigenvalue weighted by molar-refractivity contribution is -0.160. The Morgan fingerprint density at radius 1 is 1.23 bits per heavy atom. The summed E-state index contributed by atoms with van der Waals surface area (Å²) in [5.41, 5.74) is -0.0801. The highest BCUT2D eigenvalue weighted by Crippen LogP contribution is 2.52. The summed E-state index contributed by atoms with van der Waals surface area (Å²) in [7, 11) is 3.97. The minimum atomic E-state index is -0.872. The maximum atomic E-state index is 13.4. The molecule has 0 aliphatic carbocycles. The van der Waals surface area contributed by atoms with Gasteiger partial charge >= 0.3 is 0 Å². The molecule has 1 aromatic rings. The lowest BCUT2D eigenvalue weighted by Gasteiger charge is -2.43. The van der Waals surface area contributed by atoms with Crippen molar-refractivity contribution >= 4 is 11.8 Å². The third-order valence-corrected chi connectivity index (χ3v) is 6.45. The largest absolute Gasteiger partial charge is 0.454 e. The van der Waals surface area contributed by atoms with Crippen LogP contribution in [0.4, 0.5) is 0 Å².